The average molecular weight is 351 g/mol. The maximum Gasteiger partial charge on any atom is 0.251 e. The quantitative estimate of drug-likeness (QED) is 0.875. The Labute approximate surface area is 144 Å². The highest BCUT2D eigenvalue weighted by Crippen LogP contribution is 2.22. The van der Waals surface area contributed by atoms with E-state index in [0.29, 0.717) is 15.6 Å². The summed E-state index contributed by atoms with van der Waals surface area (Å²) in [5.41, 5.74) is 3.09. The molecule has 120 valence electrons. The molecule has 2 rings (SSSR count). The van der Waals surface area contributed by atoms with Gasteiger partial charge in [-0.2, -0.15) is 0 Å². The lowest BCUT2D eigenvalue weighted by Crippen LogP contribution is -2.33. The highest BCUT2D eigenvalue weighted by molar-refractivity contribution is 6.42. The van der Waals surface area contributed by atoms with Crippen molar-refractivity contribution < 1.29 is 9.59 Å². The van der Waals surface area contributed by atoms with E-state index in [1.165, 1.54) is 12.1 Å². The number of benzene rings is 2. The molecule has 0 heterocycles. The zero-order chi connectivity index (χ0) is 17.0. The number of amides is 2. The zero-order valence-corrected chi connectivity index (χ0v) is 14.3. The second-order valence-electron chi connectivity index (χ2n) is 5.18. The van der Waals surface area contributed by atoms with Gasteiger partial charge in [0, 0.05) is 11.3 Å². The number of anilines is 1. The molecule has 0 aliphatic heterocycles. The van der Waals surface area contributed by atoms with Gasteiger partial charge >= 0.3 is 0 Å². The van der Waals surface area contributed by atoms with E-state index < -0.39 is 0 Å². The fourth-order valence-electron chi connectivity index (χ4n) is 1.96. The monoisotopic (exact) mass is 350 g/mol. The molecule has 0 radical (unpaired) electrons. The average Bonchev–Trinajstić information content (AvgIpc) is 2.51. The first kappa shape index (κ1) is 17.3. The number of rotatable bonds is 4. The van der Waals surface area contributed by atoms with Crippen LogP contribution in [-0.4, -0.2) is 18.4 Å². The molecule has 0 fully saturated rings. The van der Waals surface area contributed by atoms with E-state index in [1.54, 1.807) is 6.07 Å². The molecule has 0 saturated carbocycles. The van der Waals surface area contributed by atoms with Crippen LogP contribution in [0, 0.1) is 13.8 Å². The molecule has 0 unspecified atom stereocenters. The first-order valence-corrected chi connectivity index (χ1v) is 7.73. The van der Waals surface area contributed by atoms with E-state index in [4.69, 9.17) is 23.2 Å². The third kappa shape index (κ3) is 4.71. The van der Waals surface area contributed by atoms with Gasteiger partial charge in [-0.05, 0) is 49.2 Å². The fraction of sp³-hybridized carbons (Fsp3) is 0.176. The molecule has 23 heavy (non-hydrogen) atoms. The number of carbonyl (C=O) groups excluding carboxylic acids is 2. The number of aryl methyl sites for hydroxylation is 2. The summed E-state index contributed by atoms with van der Waals surface area (Å²) >= 11 is 11.7. The van der Waals surface area contributed by atoms with Crippen LogP contribution in [0.15, 0.2) is 36.4 Å². The Kier molecular flexibility index (Phi) is 5.64. The largest absolute Gasteiger partial charge is 0.343 e. The Morgan fingerprint density at radius 1 is 1.00 bits per heavy atom. The molecule has 2 aromatic carbocycles. The molecule has 0 aliphatic carbocycles. The van der Waals surface area contributed by atoms with Crippen LogP contribution in [0.5, 0.6) is 0 Å². The number of hydrogen-bond acceptors (Lipinski definition) is 2. The zero-order valence-electron chi connectivity index (χ0n) is 12.7. The summed E-state index contributed by atoms with van der Waals surface area (Å²) in [5, 5.41) is 5.99. The lowest BCUT2D eigenvalue weighted by molar-refractivity contribution is -0.115. The summed E-state index contributed by atoms with van der Waals surface area (Å²) in [6, 6.07) is 10.3. The molecule has 0 atom stereocenters. The summed E-state index contributed by atoms with van der Waals surface area (Å²) in [5.74, 6) is -0.688. The second kappa shape index (κ2) is 7.49. The number of carbonyl (C=O) groups is 2. The molecule has 2 aromatic rings. The normalized spacial score (nSPS) is 10.3. The molecule has 0 aromatic heterocycles. The van der Waals surface area contributed by atoms with Crippen molar-refractivity contribution in [1.82, 2.24) is 5.32 Å². The molecule has 0 aliphatic rings. The number of halogens is 2. The van der Waals surface area contributed by atoms with Crippen molar-refractivity contribution >= 4 is 40.7 Å². The molecule has 0 spiro atoms. The number of hydrogen-bond donors (Lipinski definition) is 2. The van der Waals surface area contributed by atoms with Crippen molar-refractivity contribution in [2.75, 3.05) is 11.9 Å². The summed E-state index contributed by atoms with van der Waals surface area (Å²) in [6.45, 7) is 3.72. The minimum Gasteiger partial charge on any atom is -0.343 e. The summed E-state index contributed by atoms with van der Waals surface area (Å²) in [4.78, 5) is 24.0. The topological polar surface area (TPSA) is 58.2 Å². The maximum atomic E-state index is 12.0. The predicted octanol–water partition coefficient (Wildman–Crippen LogP) is 3.98. The lowest BCUT2D eigenvalue weighted by Gasteiger charge is -2.10. The first-order chi connectivity index (χ1) is 10.9. The van der Waals surface area contributed by atoms with Crippen molar-refractivity contribution in [1.29, 1.82) is 0 Å². The molecule has 0 saturated heterocycles. The smallest absolute Gasteiger partial charge is 0.251 e. The van der Waals surface area contributed by atoms with Crippen molar-refractivity contribution in [3.63, 3.8) is 0 Å². The Morgan fingerprint density at radius 2 is 1.74 bits per heavy atom. The van der Waals surface area contributed by atoms with Gasteiger partial charge in [0.1, 0.15) is 0 Å². The van der Waals surface area contributed by atoms with Crippen LogP contribution in [0.2, 0.25) is 10.0 Å². The molecule has 2 amide bonds. The van der Waals surface area contributed by atoms with Crippen LogP contribution in [0.25, 0.3) is 0 Å². The van der Waals surface area contributed by atoms with Gasteiger partial charge in [0.2, 0.25) is 5.91 Å². The Hall–Kier alpha value is -2.04. The second-order valence-corrected chi connectivity index (χ2v) is 5.99. The van der Waals surface area contributed by atoms with Gasteiger partial charge in [0.15, 0.2) is 0 Å². The predicted molar refractivity (Wildman–Crippen MR) is 93.3 cm³/mol. The number of nitrogens with one attached hydrogen (secondary N) is 2. The molecule has 0 bridgehead atoms. The maximum absolute atomic E-state index is 12.0. The summed E-state index contributed by atoms with van der Waals surface area (Å²) in [7, 11) is 0. The van der Waals surface area contributed by atoms with Crippen LogP contribution in [0.1, 0.15) is 21.5 Å². The molecule has 4 nitrogen and oxygen atoms in total. The van der Waals surface area contributed by atoms with Crippen LogP contribution in [-0.2, 0) is 4.79 Å². The van der Waals surface area contributed by atoms with Crippen molar-refractivity contribution in [2.24, 2.45) is 0 Å². The van der Waals surface area contributed by atoms with Crippen LogP contribution in [0.3, 0.4) is 0 Å². The van der Waals surface area contributed by atoms with Gasteiger partial charge in [-0.25, -0.2) is 0 Å². The lowest BCUT2D eigenvalue weighted by atomic mass is 10.1. The van der Waals surface area contributed by atoms with E-state index in [2.05, 4.69) is 10.6 Å². The van der Waals surface area contributed by atoms with Gasteiger partial charge in [0.05, 0.1) is 16.6 Å². The van der Waals surface area contributed by atoms with Crippen molar-refractivity contribution in [3.05, 3.63) is 63.1 Å². The highest BCUT2D eigenvalue weighted by atomic mass is 35.5. The van der Waals surface area contributed by atoms with E-state index >= 15 is 0 Å². The van der Waals surface area contributed by atoms with E-state index in [-0.39, 0.29) is 18.4 Å². The Bertz CT molecular complexity index is 760. The Balaban J connectivity index is 1.94. The third-order valence-electron chi connectivity index (χ3n) is 3.26. The van der Waals surface area contributed by atoms with Crippen molar-refractivity contribution in [3.8, 4) is 0 Å². The minimum absolute atomic E-state index is 0.132. The van der Waals surface area contributed by atoms with E-state index in [0.717, 1.165) is 16.8 Å². The van der Waals surface area contributed by atoms with Gasteiger partial charge < -0.3 is 10.6 Å². The standard InChI is InChI=1S/C17H16Cl2N2O2/c1-10-3-4-11(2)15(7-10)21-16(22)9-20-17(23)12-5-6-13(18)14(19)8-12/h3-8H,9H2,1-2H3,(H,20,23)(H,21,22). The van der Waals surface area contributed by atoms with Crippen LogP contribution < -0.4 is 10.6 Å². The van der Waals surface area contributed by atoms with Gasteiger partial charge in [-0.1, -0.05) is 35.3 Å². The third-order valence-corrected chi connectivity index (χ3v) is 4.00. The molecule has 6 heteroatoms. The highest BCUT2D eigenvalue weighted by Gasteiger charge is 2.10. The molecular formula is C17H16Cl2N2O2. The SMILES string of the molecule is Cc1ccc(C)c(NC(=O)CNC(=O)c2ccc(Cl)c(Cl)c2)c1. The molecule has 2 N–H and O–H groups in total. The van der Waals surface area contributed by atoms with E-state index in [9.17, 15) is 9.59 Å². The van der Waals surface area contributed by atoms with Crippen LogP contribution >= 0.6 is 23.2 Å². The van der Waals surface area contributed by atoms with Gasteiger partial charge in [0.25, 0.3) is 5.91 Å². The summed E-state index contributed by atoms with van der Waals surface area (Å²) < 4.78 is 0. The molecular weight excluding hydrogens is 335 g/mol. The van der Waals surface area contributed by atoms with Crippen LogP contribution in [0.4, 0.5) is 5.69 Å². The first-order valence-electron chi connectivity index (χ1n) is 6.97. The van der Waals surface area contributed by atoms with Gasteiger partial charge in [-0.3, -0.25) is 9.59 Å². The van der Waals surface area contributed by atoms with E-state index in [1.807, 2.05) is 32.0 Å². The van der Waals surface area contributed by atoms with Crippen molar-refractivity contribution in [2.45, 2.75) is 13.8 Å². The van der Waals surface area contributed by atoms with Gasteiger partial charge in [-0.15, -0.1) is 0 Å². The minimum atomic E-state index is -0.389. The summed E-state index contributed by atoms with van der Waals surface area (Å²) in [6.07, 6.45) is 0. The Morgan fingerprint density at radius 3 is 2.43 bits per heavy atom. The fourth-order valence-corrected chi connectivity index (χ4v) is 2.26.